The number of aromatic nitrogens is 1. The van der Waals surface area contributed by atoms with Gasteiger partial charge in [0.25, 0.3) is 0 Å². The molecule has 1 saturated heterocycles. The monoisotopic (exact) mass is 687 g/mol. The fourth-order valence-corrected chi connectivity index (χ4v) is 5.45. The number of ketones is 1. The molecule has 0 saturated carbocycles. The Kier molecular flexibility index (Phi) is 14.8. The number of para-hydroxylation sites is 1. The molecular formula is C29H40F3N7O7S. The van der Waals surface area contributed by atoms with Crippen LogP contribution in [0.3, 0.4) is 0 Å². The van der Waals surface area contributed by atoms with Gasteiger partial charge in [-0.2, -0.15) is 13.2 Å². The van der Waals surface area contributed by atoms with E-state index in [4.69, 9.17) is 26.1 Å². The second kappa shape index (κ2) is 18.0. The van der Waals surface area contributed by atoms with Gasteiger partial charge in [0.05, 0.1) is 16.3 Å². The van der Waals surface area contributed by atoms with Gasteiger partial charge in [0.1, 0.15) is 12.1 Å². The summed E-state index contributed by atoms with van der Waals surface area (Å²) in [6, 6.07) is 5.64. The van der Waals surface area contributed by atoms with Crippen molar-refractivity contribution in [2.75, 3.05) is 19.6 Å². The predicted molar refractivity (Wildman–Crippen MR) is 168 cm³/mol. The number of nitrogens with zero attached hydrogens (tertiary/aromatic N) is 3. The number of carbonyl (C=O) groups excluding carboxylic acids is 4. The summed E-state index contributed by atoms with van der Waals surface area (Å²) >= 11 is 1.26. The zero-order valence-corrected chi connectivity index (χ0v) is 27.0. The van der Waals surface area contributed by atoms with E-state index in [1.165, 1.54) is 18.3 Å². The van der Waals surface area contributed by atoms with Crippen LogP contribution in [0.15, 0.2) is 29.3 Å². The Hall–Kier alpha value is -4.48. The number of aliphatic carboxylic acids is 1. The van der Waals surface area contributed by atoms with Crippen LogP contribution >= 0.6 is 11.3 Å². The van der Waals surface area contributed by atoms with Gasteiger partial charge in [-0.25, -0.2) is 14.6 Å². The van der Waals surface area contributed by atoms with Gasteiger partial charge in [-0.1, -0.05) is 26.0 Å². The molecule has 0 radical (unpaired) electrons. The summed E-state index contributed by atoms with van der Waals surface area (Å²) in [4.78, 5) is 70.2. The average Bonchev–Trinajstić information content (AvgIpc) is 3.42. The van der Waals surface area contributed by atoms with E-state index in [1.807, 2.05) is 38.1 Å². The molecule has 7 N–H and O–H groups in total. The molecule has 3 rings (SSSR count). The van der Waals surface area contributed by atoms with E-state index in [0.717, 1.165) is 4.70 Å². The van der Waals surface area contributed by atoms with E-state index in [2.05, 4.69) is 20.6 Å². The van der Waals surface area contributed by atoms with Crippen LogP contribution in [0.2, 0.25) is 0 Å². The lowest BCUT2D eigenvalue weighted by Crippen LogP contribution is -2.52. The SMILES string of the molecule is CC(=O)N1CCC(OC(=O)N[C@@H](CC(C)C)C(=O)N[C@@H](CCCN=C(N)N)C(=O)c2nc3ccccc3s2)CC1.O=C(O)C(F)(F)F. The number of ether oxygens (including phenoxy) is 1. The second-order valence-electron chi connectivity index (χ2n) is 11.1. The first kappa shape index (κ1) is 38.7. The molecule has 260 valence electrons. The third-order valence-corrected chi connectivity index (χ3v) is 7.85. The number of Topliss-reactive ketones (excluding diaryl/α,β-unsaturated/α-hetero) is 1. The number of thiazole rings is 1. The van der Waals surface area contributed by atoms with Crippen molar-refractivity contribution < 1.29 is 47.0 Å². The number of hydrogen-bond donors (Lipinski definition) is 5. The Bertz CT molecular complexity index is 1390. The summed E-state index contributed by atoms with van der Waals surface area (Å²) in [7, 11) is 0. The minimum atomic E-state index is -5.08. The van der Waals surface area contributed by atoms with Gasteiger partial charge in [-0.15, -0.1) is 11.3 Å². The summed E-state index contributed by atoms with van der Waals surface area (Å²) in [5.41, 5.74) is 11.5. The number of carboxylic acid groups (broad SMARTS) is 1. The highest BCUT2D eigenvalue weighted by Crippen LogP contribution is 2.23. The van der Waals surface area contributed by atoms with Crippen LogP contribution in [0.5, 0.6) is 0 Å². The lowest BCUT2D eigenvalue weighted by atomic mass is 10.0. The van der Waals surface area contributed by atoms with Crippen LogP contribution in [0.4, 0.5) is 18.0 Å². The molecule has 1 aromatic heterocycles. The van der Waals surface area contributed by atoms with Crippen molar-refractivity contribution in [1.29, 1.82) is 0 Å². The second-order valence-corrected chi connectivity index (χ2v) is 12.1. The molecule has 14 nitrogen and oxygen atoms in total. The van der Waals surface area contributed by atoms with Gasteiger partial charge in [-0.3, -0.25) is 19.4 Å². The van der Waals surface area contributed by atoms with Crippen molar-refractivity contribution in [3.05, 3.63) is 29.3 Å². The molecule has 0 aliphatic carbocycles. The lowest BCUT2D eigenvalue weighted by molar-refractivity contribution is -0.192. The van der Waals surface area contributed by atoms with Crippen LogP contribution in [0.1, 0.15) is 62.7 Å². The molecule has 1 aromatic carbocycles. The Morgan fingerprint density at radius 2 is 1.72 bits per heavy atom. The molecule has 3 amide bonds. The van der Waals surface area contributed by atoms with Gasteiger partial charge in [0.15, 0.2) is 11.0 Å². The summed E-state index contributed by atoms with van der Waals surface area (Å²) in [6.45, 7) is 6.70. The molecular weight excluding hydrogens is 647 g/mol. The van der Waals surface area contributed by atoms with Gasteiger partial charge < -0.3 is 36.8 Å². The molecule has 2 aromatic rings. The Morgan fingerprint density at radius 1 is 1.11 bits per heavy atom. The van der Waals surface area contributed by atoms with Crippen molar-refractivity contribution in [3.8, 4) is 0 Å². The number of nitrogens with two attached hydrogens (primary N) is 2. The van der Waals surface area contributed by atoms with Crippen LogP contribution in [-0.4, -0.2) is 94.6 Å². The maximum Gasteiger partial charge on any atom is 0.490 e. The standard InChI is InChI=1S/C27H39N7O5S.C2HF3O2/c1-16(2)15-21(33-27(38)39-18-10-13-34(14-11-18)17(3)35)24(37)31-20(8-6-12-30-26(28)29)23(36)25-32-19-7-4-5-9-22(19)40-25;3-2(4,5)1(6)7/h4-5,7,9,16,18,20-21H,6,8,10-15H2,1-3H3,(H,31,37)(H,33,38)(H4,28,29,30);(H,6,7)/t20-,21-;/m0./s1. The average molecular weight is 688 g/mol. The number of alkyl carbamates (subject to hydrolysis) is 1. The van der Waals surface area contributed by atoms with Crippen LogP contribution in [0, 0.1) is 5.92 Å². The Labute approximate surface area is 273 Å². The predicted octanol–water partition coefficient (Wildman–Crippen LogP) is 2.80. The third-order valence-electron chi connectivity index (χ3n) is 6.80. The first-order valence-electron chi connectivity index (χ1n) is 14.8. The van der Waals surface area contributed by atoms with Gasteiger partial charge in [-0.05, 0) is 37.3 Å². The number of amides is 3. The number of hydrogen-bond acceptors (Lipinski definition) is 9. The summed E-state index contributed by atoms with van der Waals surface area (Å²) in [5, 5.41) is 12.9. The maximum atomic E-state index is 13.5. The minimum Gasteiger partial charge on any atom is -0.475 e. The number of likely N-dealkylation sites (tertiary alicyclic amines) is 1. The quantitative estimate of drug-likeness (QED) is 0.0951. The van der Waals surface area contributed by atoms with Crippen LogP contribution in [-0.2, 0) is 19.1 Å². The first-order chi connectivity index (χ1) is 22.0. The van der Waals surface area contributed by atoms with Crippen LogP contribution in [0.25, 0.3) is 10.2 Å². The number of carbonyl (C=O) groups is 5. The molecule has 18 heteroatoms. The molecule has 2 heterocycles. The van der Waals surface area contributed by atoms with Crippen molar-refractivity contribution in [2.24, 2.45) is 22.4 Å². The summed E-state index contributed by atoms with van der Waals surface area (Å²) in [6.07, 6.45) is -4.00. The van der Waals surface area contributed by atoms with E-state index in [9.17, 15) is 32.3 Å². The molecule has 1 aliphatic heterocycles. The highest BCUT2D eigenvalue weighted by molar-refractivity contribution is 7.20. The van der Waals surface area contributed by atoms with E-state index < -0.39 is 36.2 Å². The normalized spacial score (nSPS) is 14.7. The number of guanidine groups is 1. The third kappa shape index (κ3) is 13.4. The molecule has 47 heavy (non-hydrogen) atoms. The Morgan fingerprint density at radius 3 is 2.26 bits per heavy atom. The topological polar surface area (TPSA) is 219 Å². The largest absolute Gasteiger partial charge is 0.490 e. The van der Waals surface area contributed by atoms with Gasteiger partial charge >= 0.3 is 18.2 Å². The zero-order chi connectivity index (χ0) is 35.3. The molecule has 0 spiro atoms. The number of carboxylic acids is 1. The van der Waals surface area contributed by atoms with Gasteiger partial charge in [0, 0.05) is 39.4 Å². The van der Waals surface area contributed by atoms with Crippen molar-refractivity contribution in [3.63, 3.8) is 0 Å². The van der Waals surface area contributed by atoms with Crippen LogP contribution < -0.4 is 22.1 Å². The van der Waals surface area contributed by atoms with Crippen molar-refractivity contribution in [1.82, 2.24) is 20.5 Å². The first-order valence-corrected chi connectivity index (χ1v) is 15.6. The number of alkyl halides is 3. The van der Waals surface area contributed by atoms with E-state index in [-0.39, 0.29) is 41.1 Å². The fourth-order valence-electron chi connectivity index (χ4n) is 4.49. The Balaban J connectivity index is 0.000000984. The number of nitrogens with one attached hydrogen (secondary N) is 2. The maximum absolute atomic E-state index is 13.5. The fraction of sp³-hybridized carbons (Fsp3) is 0.552. The van der Waals surface area contributed by atoms with Crippen molar-refractivity contribution in [2.45, 2.75) is 77.2 Å². The molecule has 1 fully saturated rings. The number of halogens is 3. The highest BCUT2D eigenvalue weighted by Gasteiger charge is 2.38. The van der Waals surface area contributed by atoms with E-state index >= 15 is 0 Å². The van der Waals surface area contributed by atoms with Crippen molar-refractivity contribution >= 4 is 57.2 Å². The smallest absolute Gasteiger partial charge is 0.475 e. The molecule has 2 atom stereocenters. The number of piperidine rings is 1. The number of fused-ring (bicyclic) bond motifs is 1. The summed E-state index contributed by atoms with van der Waals surface area (Å²) < 4.78 is 38.2. The molecule has 1 aliphatic rings. The highest BCUT2D eigenvalue weighted by atomic mass is 32.1. The number of rotatable bonds is 12. The minimum absolute atomic E-state index is 0.00943. The molecule has 0 unspecified atom stereocenters. The summed E-state index contributed by atoms with van der Waals surface area (Å²) in [5.74, 6) is -3.54. The van der Waals surface area contributed by atoms with E-state index in [1.54, 1.807) is 4.90 Å². The lowest BCUT2D eigenvalue weighted by Gasteiger charge is -2.31. The molecule has 0 bridgehead atoms. The zero-order valence-electron chi connectivity index (χ0n) is 26.2. The van der Waals surface area contributed by atoms with Gasteiger partial charge in [0.2, 0.25) is 17.6 Å². The number of benzene rings is 1. The van der Waals surface area contributed by atoms with E-state index in [0.29, 0.717) is 50.8 Å². The number of aliphatic imine (C=N–C) groups is 1.